The predicted molar refractivity (Wildman–Crippen MR) is 154 cm³/mol. The lowest BCUT2D eigenvalue weighted by molar-refractivity contribution is -0.131. The van der Waals surface area contributed by atoms with E-state index in [0.717, 1.165) is 24.0 Å². The number of aryl methyl sites for hydroxylation is 1. The number of urea groups is 1. The highest BCUT2D eigenvalue weighted by molar-refractivity contribution is 6.37. The molecule has 1 saturated heterocycles. The number of carbonyl (C=O) groups is 3. The molecule has 3 N–H and O–H groups in total. The Kier molecular flexibility index (Phi) is 9.39. The van der Waals surface area contributed by atoms with Crippen LogP contribution < -0.4 is 20.1 Å². The van der Waals surface area contributed by atoms with E-state index in [2.05, 4.69) is 10.6 Å². The van der Waals surface area contributed by atoms with Crippen LogP contribution in [0.3, 0.4) is 0 Å². The van der Waals surface area contributed by atoms with Crippen LogP contribution >= 0.6 is 23.2 Å². The first-order valence-corrected chi connectivity index (χ1v) is 13.4. The molecule has 3 amide bonds. The third-order valence-corrected chi connectivity index (χ3v) is 7.19. The molecule has 1 heterocycles. The number of hydrogen-bond donors (Lipinski definition) is 3. The van der Waals surface area contributed by atoms with E-state index < -0.39 is 12.0 Å². The van der Waals surface area contributed by atoms with E-state index in [1.54, 1.807) is 23.1 Å². The predicted octanol–water partition coefficient (Wildman–Crippen LogP) is 6.27. The molecular weight excluding hydrogens is 557 g/mol. The molecule has 0 spiro atoms. The maximum absolute atomic E-state index is 13.2. The molecule has 1 fully saturated rings. The van der Waals surface area contributed by atoms with Gasteiger partial charge in [0.2, 0.25) is 5.91 Å². The van der Waals surface area contributed by atoms with Gasteiger partial charge in [0.1, 0.15) is 12.4 Å². The molecule has 210 valence electrons. The van der Waals surface area contributed by atoms with Crippen molar-refractivity contribution in [2.24, 2.45) is 0 Å². The first-order chi connectivity index (χ1) is 19.2. The molecule has 0 bridgehead atoms. The second-order valence-corrected chi connectivity index (χ2v) is 10.2. The number of methoxy groups -OCH3 is 1. The lowest BCUT2D eigenvalue weighted by Gasteiger charge is -2.25. The summed E-state index contributed by atoms with van der Waals surface area (Å²) in [5.74, 6) is -0.606. The number of likely N-dealkylation sites (tertiary alicyclic amines) is 1. The number of hydrogen-bond acceptors (Lipinski definition) is 5. The number of nitrogens with one attached hydrogen (secondary N) is 2. The summed E-state index contributed by atoms with van der Waals surface area (Å²) in [6.45, 7) is 2.66. The highest BCUT2D eigenvalue weighted by atomic mass is 35.5. The van der Waals surface area contributed by atoms with Crippen LogP contribution in [0.5, 0.6) is 11.5 Å². The van der Waals surface area contributed by atoms with Crippen LogP contribution in [0, 0.1) is 6.92 Å². The summed E-state index contributed by atoms with van der Waals surface area (Å²) in [5, 5.41) is 15.0. The number of nitrogens with zero attached hydrogens (tertiary/aromatic N) is 1. The normalized spacial score (nSPS) is 14.5. The minimum Gasteiger partial charge on any atom is -0.495 e. The van der Waals surface area contributed by atoms with E-state index in [4.69, 9.17) is 37.8 Å². The lowest BCUT2D eigenvalue weighted by Crippen LogP contribution is -2.40. The standard InChI is InChI=1S/C29H29Cl2N3O6/c1-17-6-3-4-8-23(17)32-29(38)33-24-10-9-18(12-25(24)39-2)13-26(35)34-11-5-7-20(34)16-40-27-21(30)14-19(28(36)37)15-22(27)31/h3-4,6,8-10,12,14-15,20H,5,7,11,13,16H2,1-2H3,(H,36,37)(H2,32,33,38). The van der Waals surface area contributed by atoms with Crippen molar-refractivity contribution in [3.05, 3.63) is 81.3 Å². The van der Waals surface area contributed by atoms with Gasteiger partial charge in [0.15, 0.2) is 5.75 Å². The van der Waals surface area contributed by atoms with Crippen molar-refractivity contribution in [3.63, 3.8) is 0 Å². The van der Waals surface area contributed by atoms with Crippen LogP contribution in [-0.4, -0.2) is 54.2 Å². The number of carbonyl (C=O) groups excluding carboxylic acids is 2. The molecule has 3 aromatic rings. The van der Waals surface area contributed by atoms with Gasteiger partial charge in [-0.25, -0.2) is 9.59 Å². The summed E-state index contributed by atoms with van der Waals surface area (Å²) in [6.07, 6.45) is 1.70. The van der Waals surface area contributed by atoms with E-state index in [0.29, 0.717) is 23.7 Å². The van der Waals surface area contributed by atoms with Crippen molar-refractivity contribution < 1.29 is 29.0 Å². The second-order valence-electron chi connectivity index (χ2n) is 9.37. The third-order valence-electron chi connectivity index (χ3n) is 6.63. The monoisotopic (exact) mass is 585 g/mol. The van der Waals surface area contributed by atoms with Gasteiger partial charge in [0.05, 0.1) is 40.9 Å². The van der Waals surface area contributed by atoms with E-state index in [9.17, 15) is 14.4 Å². The topological polar surface area (TPSA) is 117 Å². The molecule has 11 heteroatoms. The number of amides is 3. The first-order valence-electron chi connectivity index (χ1n) is 12.6. The summed E-state index contributed by atoms with van der Waals surface area (Å²) in [4.78, 5) is 38.7. The summed E-state index contributed by atoms with van der Waals surface area (Å²) in [6, 6.07) is 14.6. The van der Waals surface area contributed by atoms with Crippen LogP contribution in [0.1, 0.15) is 34.3 Å². The van der Waals surface area contributed by atoms with Gasteiger partial charge in [-0.05, 0) is 61.2 Å². The summed E-state index contributed by atoms with van der Waals surface area (Å²) >= 11 is 12.4. The number of ether oxygens (including phenoxy) is 2. The van der Waals surface area contributed by atoms with E-state index in [1.165, 1.54) is 19.2 Å². The van der Waals surface area contributed by atoms with Crippen molar-refractivity contribution in [2.75, 3.05) is 30.9 Å². The van der Waals surface area contributed by atoms with Crippen LogP contribution in [0.2, 0.25) is 10.0 Å². The summed E-state index contributed by atoms with van der Waals surface area (Å²) in [5.41, 5.74) is 2.80. The molecule has 1 aliphatic rings. The van der Waals surface area contributed by atoms with Crippen molar-refractivity contribution in [1.82, 2.24) is 4.90 Å². The van der Waals surface area contributed by atoms with Gasteiger partial charge in [0, 0.05) is 12.2 Å². The number of para-hydroxylation sites is 1. The Morgan fingerprint density at radius 2 is 1.73 bits per heavy atom. The number of anilines is 2. The van der Waals surface area contributed by atoms with Gasteiger partial charge < -0.3 is 30.1 Å². The molecular formula is C29H29Cl2N3O6. The fourth-order valence-electron chi connectivity index (χ4n) is 4.55. The van der Waals surface area contributed by atoms with Gasteiger partial charge in [-0.3, -0.25) is 4.79 Å². The van der Waals surface area contributed by atoms with Gasteiger partial charge in [0.25, 0.3) is 0 Å². The number of aromatic carboxylic acids is 1. The van der Waals surface area contributed by atoms with Crippen molar-refractivity contribution >= 4 is 52.5 Å². The Bertz CT molecular complexity index is 1410. The fourth-order valence-corrected chi connectivity index (χ4v) is 5.15. The molecule has 9 nitrogen and oxygen atoms in total. The fraction of sp³-hybridized carbons (Fsp3) is 0.276. The van der Waals surface area contributed by atoms with Gasteiger partial charge in [-0.15, -0.1) is 0 Å². The van der Waals surface area contributed by atoms with Crippen molar-refractivity contribution in [3.8, 4) is 11.5 Å². The minimum atomic E-state index is -1.14. The molecule has 0 aliphatic carbocycles. The Labute approximate surface area is 242 Å². The first kappa shape index (κ1) is 29.0. The molecule has 3 aromatic carbocycles. The third kappa shape index (κ3) is 6.97. The Balaban J connectivity index is 1.38. The molecule has 0 saturated carbocycles. The zero-order valence-corrected chi connectivity index (χ0v) is 23.5. The van der Waals surface area contributed by atoms with Crippen molar-refractivity contribution in [1.29, 1.82) is 0 Å². The number of carboxylic acids is 1. The Hall–Kier alpha value is -3.95. The smallest absolute Gasteiger partial charge is 0.335 e. The van der Waals surface area contributed by atoms with Crippen LogP contribution in [0.15, 0.2) is 54.6 Å². The maximum Gasteiger partial charge on any atom is 0.335 e. The van der Waals surface area contributed by atoms with Gasteiger partial charge >= 0.3 is 12.0 Å². The van der Waals surface area contributed by atoms with Gasteiger partial charge in [-0.2, -0.15) is 0 Å². The van der Waals surface area contributed by atoms with Crippen LogP contribution in [0.25, 0.3) is 0 Å². The molecule has 1 atom stereocenters. The summed E-state index contributed by atoms with van der Waals surface area (Å²) < 4.78 is 11.3. The SMILES string of the molecule is COc1cc(CC(=O)N2CCCC2COc2c(Cl)cc(C(=O)O)cc2Cl)ccc1NC(=O)Nc1ccccc1C. The number of rotatable bonds is 9. The second kappa shape index (κ2) is 12.9. The van der Waals surface area contributed by atoms with E-state index in [-0.39, 0.29) is 46.3 Å². The zero-order chi connectivity index (χ0) is 28.8. The van der Waals surface area contributed by atoms with Gasteiger partial charge in [-0.1, -0.05) is 47.5 Å². The lowest BCUT2D eigenvalue weighted by atomic mass is 10.1. The van der Waals surface area contributed by atoms with Crippen LogP contribution in [-0.2, 0) is 11.2 Å². The number of carboxylic acid groups (broad SMARTS) is 1. The Morgan fingerprint density at radius 3 is 2.40 bits per heavy atom. The number of benzene rings is 3. The average Bonchev–Trinajstić information content (AvgIpc) is 3.39. The Morgan fingerprint density at radius 1 is 1.02 bits per heavy atom. The molecule has 4 rings (SSSR count). The highest BCUT2D eigenvalue weighted by Crippen LogP contribution is 2.35. The zero-order valence-electron chi connectivity index (χ0n) is 22.0. The molecule has 0 aromatic heterocycles. The van der Waals surface area contributed by atoms with Crippen molar-refractivity contribution in [2.45, 2.75) is 32.2 Å². The average molecular weight is 586 g/mol. The number of halogens is 2. The quantitative estimate of drug-likeness (QED) is 0.272. The van der Waals surface area contributed by atoms with E-state index >= 15 is 0 Å². The maximum atomic E-state index is 13.2. The van der Waals surface area contributed by atoms with E-state index in [1.807, 2.05) is 31.2 Å². The highest BCUT2D eigenvalue weighted by Gasteiger charge is 2.30. The molecule has 40 heavy (non-hydrogen) atoms. The van der Waals surface area contributed by atoms with Crippen LogP contribution in [0.4, 0.5) is 16.2 Å². The molecule has 1 unspecified atom stereocenters. The molecule has 0 radical (unpaired) electrons. The largest absolute Gasteiger partial charge is 0.495 e. The molecule has 1 aliphatic heterocycles. The summed E-state index contributed by atoms with van der Waals surface area (Å²) in [7, 11) is 1.50. The minimum absolute atomic E-state index is 0.0383.